The molecule has 3 aromatic carbocycles. The van der Waals surface area contributed by atoms with E-state index in [1.807, 2.05) is 0 Å². The first-order valence-electron chi connectivity index (χ1n) is 10.5. The highest BCUT2D eigenvalue weighted by atomic mass is 32.2. The molecular formula is C24H24FN3O6S. The van der Waals surface area contributed by atoms with Crippen LogP contribution < -0.4 is 14.4 Å². The van der Waals surface area contributed by atoms with E-state index in [-0.39, 0.29) is 16.3 Å². The molecule has 0 heterocycles. The fraction of sp³-hybridized carbons (Fsp3) is 0.208. The standard InChI is InChI=1S/C24H24FN3O6S/c1-16-4-13-22(14-23(16)28(30)31)35(32,33)27(20-9-11-21(34-3)12-10-20)15-24(29)26-17(2)18-5-7-19(25)8-6-18/h4-14,17H,15H2,1-3H3,(H,26,29). The molecule has 1 N–H and O–H groups in total. The van der Waals surface area contributed by atoms with Gasteiger partial charge in [-0.2, -0.15) is 0 Å². The van der Waals surface area contributed by atoms with E-state index in [0.29, 0.717) is 16.9 Å². The van der Waals surface area contributed by atoms with Gasteiger partial charge >= 0.3 is 0 Å². The third-order valence-corrected chi connectivity index (χ3v) is 7.13. The van der Waals surface area contributed by atoms with Crippen molar-refractivity contribution < 1.29 is 27.3 Å². The summed E-state index contributed by atoms with van der Waals surface area (Å²) in [7, 11) is -2.91. The number of halogens is 1. The van der Waals surface area contributed by atoms with Crippen LogP contribution in [0.4, 0.5) is 15.8 Å². The Kier molecular flexibility index (Phi) is 7.70. The molecule has 9 nitrogen and oxygen atoms in total. The monoisotopic (exact) mass is 501 g/mol. The van der Waals surface area contributed by atoms with Gasteiger partial charge in [0, 0.05) is 11.6 Å². The predicted molar refractivity (Wildman–Crippen MR) is 128 cm³/mol. The van der Waals surface area contributed by atoms with Gasteiger partial charge < -0.3 is 10.1 Å². The zero-order valence-electron chi connectivity index (χ0n) is 19.3. The number of hydrogen-bond donors (Lipinski definition) is 1. The topological polar surface area (TPSA) is 119 Å². The minimum Gasteiger partial charge on any atom is -0.497 e. The number of amides is 1. The average Bonchev–Trinajstić information content (AvgIpc) is 2.83. The summed E-state index contributed by atoms with van der Waals surface area (Å²) in [4.78, 5) is 23.3. The van der Waals surface area contributed by atoms with E-state index in [4.69, 9.17) is 4.74 Å². The second kappa shape index (κ2) is 10.5. The first-order valence-corrected chi connectivity index (χ1v) is 11.9. The number of aryl methyl sites for hydroxylation is 1. The SMILES string of the molecule is COc1ccc(N(CC(=O)NC(C)c2ccc(F)cc2)S(=O)(=O)c2ccc(C)c([N+](=O)[O-])c2)cc1. The molecule has 0 saturated carbocycles. The van der Waals surface area contributed by atoms with Crippen molar-refractivity contribution in [2.24, 2.45) is 0 Å². The van der Waals surface area contributed by atoms with Crippen LogP contribution in [0.15, 0.2) is 71.6 Å². The third-order valence-electron chi connectivity index (χ3n) is 5.36. The highest BCUT2D eigenvalue weighted by Gasteiger charge is 2.29. The molecule has 1 amide bonds. The lowest BCUT2D eigenvalue weighted by Gasteiger charge is -2.25. The molecule has 3 aromatic rings. The summed E-state index contributed by atoms with van der Waals surface area (Å²) in [5.74, 6) is -0.564. The van der Waals surface area contributed by atoms with Crippen molar-refractivity contribution in [1.29, 1.82) is 0 Å². The number of methoxy groups -OCH3 is 1. The summed E-state index contributed by atoms with van der Waals surface area (Å²) in [5.41, 5.74) is 0.748. The van der Waals surface area contributed by atoms with Gasteiger partial charge in [-0.3, -0.25) is 19.2 Å². The molecule has 0 aliphatic heterocycles. The second-order valence-electron chi connectivity index (χ2n) is 7.76. The number of sulfonamides is 1. The molecule has 35 heavy (non-hydrogen) atoms. The molecule has 0 aromatic heterocycles. The van der Waals surface area contributed by atoms with Gasteiger partial charge in [0.25, 0.3) is 15.7 Å². The molecule has 0 saturated heterocycles. The Morgan fingerprint density at radius 1 is 1.11 bits per heavy atom. The first-order chi connectivity index (χ1) is 16.5. The van der Waals surface area contributed by atoms with Gasteiger partial charge in [-0.15, -0.1) is 0 Å². The van der Waals surface area contributed by atoms with E-state index in [1.54, 1.807) is 6.92 Å². The third kappa shape index (κ3) is 5.93. The Balaban J connectivity index is 1.96. The van der Waals surface area contributed by atoms with Crippen molar-refractivity contribution in [1.82, 2.24) is 5.32 Å². The lowest BCUT2D eigenvalue weighted by atomic mass is 10.1. The Hall–Kier alpha value is -3.99. The number of ether oxygens (including phenoxy) is 1. The van der Waals surface area contributed by atoms with Crippen molar-refractivity contribution in [2.75, 3.05) is 18.0 Å². The van der Waals surface area contributed by atoms with Crippen molar-refractivity contribution in [2.45, 2.75) is 24.8 Å². The van der Waals surface area contributed by atoms with E-state index >= 15 is 0 Å². The molecule has 0 bridgehead atoms. The largest absolute Gasteiger partial charge is 0.497 e. The first kappa shape index (κ1) is 25.6. The smallest absolute Gasteiger partial charge is 0.273 e. The van der Waals surface area contributed by atoms with Crippen molar-refractivity contribution in [3.05, 3.63) is 93.8 Å². The number of carbonyl (C=O) groups is 1. The molecule has 3 rings (SSSR count). The summed E-state index contributed by atoms with van der Waals surface area (Å²) < 4.78 is 46.3. The van der Waals surface area contributed by atoms with Crippen LogP contribution in [0.25, 0.3) is 0 Å². The number of nitro benzene ring substituents is 1. The maximum atomic E-state index is 13.6. The Bertz CT molecular complexity index is 1330. The van der Waals surface area contributed by atoms with E-state index < -0.39 is 39.3 Å². The molecule has 1 atom stereocenters. The fourth-order valence-electron chi connectivity index (χ4n) is 3.39. The highest BCUT2D eigenvalue weighted by molar-refractivity contribution is 7.92. The lowest BCUT2D eigenvalue weighted by molar-refractivity contribution is -0.385. The van der Waals surface area contributed by atoms with E-state index in [1.165, 1.54) is 74.7 Å². The van der Waals surface area contributed by atoms with E-state index in [2.05, 4.69) is 5.32 Å². The Morgan fingerprint density at radius 2 is 1.74 bits per heavy atom. The van der Waals surface area contributed by atoms with Gasteiger partial charge in [-0.25, -0.2) is 12.8 Å². The van der Waals surface area contributed by atoms with Crippen LogP contribution in [-0.2, 0) is 14.8 Å². The zero-order valence-corrected chi connectivity index (χ0v) is 20.1. The second-order valence-corrected chi connectivity index (χ2v) is 9.62. The zero-order chi connectivity index (χ0) is 25.8. The quantitative estimate of drug-likeness (QED) is 0.348. The van der Waals surface area contributed by atoms with Crippen LogP contribution in [0.1, 0.15) is 24.1 Å². The number of hydrogen-bond acceptors (Lipinski definition) is 6. The molecule has 0 fully saturated rings. The van der Waals surface area contributed by atoms with Crippen LogP contribution >= 0.6 is 0 Å². The molecule has 0 aliphatic carbocycles. The van der Waals surface area contributed by atoms with Crippen LogP contribution in [0, 0.1) is 22.9 Å². The van der Waals surface area contributed by atoms with Gasteiger partial charge in [-0.05, 0) is 61.9 Å². The molecule has 0 aliphatic rings. The number of rotatable bonds is 9. The van der Waals surface area contributed by atoms with Crippen LogP contribution in [0.5, 0.6) is 5.75 Å². The van der Waals surface area contributed by atoms with Crippen molar-refractivity contribution >= 4 is 27.3 Å². The van der Waals surface area contributed by atoms with Crippen LogP contribution in [0.2, 0.25) is 0 Å². The molecule has 0 spiro atoms. The summed E-state index contributed by atoms with van der Waals surface area (Å²) >= 11 is 0. The van der Waals surface area contributed by atoms with Gasteiger partial charge in [0.1, 0.15) is 18.1 Å². The predicted octanol–water partition coefficient (Wildman–Crippen LogP) is 4.12. The molecule has 11 heteroatoms. The normalized spacial score (nSPS) is 12.0. The molecule has 184 valence electrons. The average molecular weight is 502 g/mol. The number of nitro groups is 1. The Labute approximate surface area is 202 Å². The maximum absolute atomic E-state index is 13.6. The molecule has 1 unspecified atom stereocenters. The van der Waals surface area contributed by atoms with Gasteiger partial charge in [0.15, 0.2) is 0 Å². The van der Waals surface area contributed by atoms with E-state index in [0.717, 1.165) is 10.4 Å². The van der Waals surface area contributed by atoms with Crippen molar-refractivity contribution in [3.8, 4) is 5.75 Å². The number of nitrogens with one attached hydrogen (secondary N) is 1. The number of anilines is 1. The molecule has 0 radical (unpaired) electrons. The summed E-state index contributed by atoms with van der Waals surface area (Å²) in [5, 5.41) is 14.1. The number of benzene rings is 3. The summed E-state index contributed by atoms with van der Waals surface area (Å²) in [6.45, 7) is 2.59. The fourth-order valence-corrected chi connectivity index (χ4v) is 4.83. The summed E-state index contributed by atoms with van der Waals surface area (Å²) in [6, 6.07) is 14.6. The minimum absolute atomic E-state index is 0.165. The number of carbonyl (C=O) groups excluding carboxylic acids is 1. The van der Waals surface area contributed by atoms with Crippen molar-refractivity contribution in [3.63, 3.8) is 0 Å². The van der Waals surface area contributed by atoms with Gasteiger partial charge in [-0.1, -0.05) is 18.2 Å². The lowest BCUT2D eigenvalue weighted by Crippen LogP contribution is -2.41. The summed E-state index contributed by atoms with van der Waals surface area (Å²) in [6.07, 6.45) is 0. The number of nitrogens with zero attached hydrogens (tertiary/aromatic N) is 2. The van der Waals surface area contributed by atoms with Crippen LogP contribution in [-0.4, -0.2) is 32.9 Å². The molecular weight excluding hydrogens is 477 g/mol. The maximum Gasteiger partial charge on any atom is 0.273 e. The van der Waals surface area contributed by atoms with Gasteiger partial charge in [0.2, 0.25) is 5.91 Å². The Morgan fingerprint density at radius 3 is 2.31 bits per heavy atom. The minimum atomic E-state index is -4.37. The van der Waals surface area contributed by atoms with Gasteiger partial charge in [0.05, 0.1) is 28.7 Å². The highest BCUT2D eigenvalue weighted by Crippen LogP contribution is 2.29. The van der Waals surface area contributed by atoms with E-state index in [9.17, 15) is 27.7 Å². The van der Waals surface area contributed by atoms with Crippen LogP contribution in [0.3, 0.4) is 0 Å².